The minimum absolute atomic E-state index is 0.231. The van der Waals surface area contributed by atoms with Crippen LogP contribution in [0.15, 0.2) is 23.6 Å². The highest BCUT2D eigenvalue weighted by atomic mass is 32.1. The summed E-state index contributed by atoms with van der Waals surface area (Å²) >= 11 is 1.36. The van der Waals surface area contributed by atoms with Crippen LogP contribution >= 0.6 is 11.3 Å². The van der Waals surface area contributed by atoms with Gasteiger partial charge in [-0.15, -0.1) is 11.3 Å². The lowest BCUT2D eigenvalue weighted by atomic mass is 10.1. The maximum absolute atomic E-state index is 12.5. The molecule has 0 saturated heterocycles. The third kappa shape index (κ3) is 2.59. The van der Waals surface area contributed by atoms with Crippen LogP contribution in [0.4, 0.5) is 0 Å². The van der Waals surface area contributed by atoms with E-state index in [9.17, 15) is 4.79 Å². The lowest BCUT2D eigenvalue weighted by molar-refractivity contribution is 0.102. The molecule has 0 atom stereocenters. The van der Waals surface area contributed by atoms with Crippen molar-refractivity contribution in [2.45, 2.75) is 6.54 Å². The van der Waals surface area contributed by atoms with Gasteiger partial charge in [0.25, 0.3) is 0 Å². The molecule has 0 fully saturated rings. The number of methoxy groups -OCH3 is 2. The first kappa shape index (κ1) is 13.5. The Hall–Kier alpha value is -1.92. The number of thiazole rings is 1. The van der Waals surface area contributed by atoms with Crippen LogP contribution in [0.25, 0.3) is 0 Å². The van der Waals surface area contributed by atoms with Crippen molar-refractivity contribution in [2.24, 2.45) is 5.73 Å². The molecule has 0 saturated carbocycles. The molecule has 0 bridgehead atoms. The molecule has 0 aliphatic carbocycles. The van der Waals surface area contributed by atoms with Crippen molar-refractivity contribution in [1.82, 2.24) is 4.98 Å². The zero-order chi connectivity index (χ0) is 13.8. The van der Waals surface area contributed by atoms with Crippen LogP contribution in [0.5, 0.6) is 11.5 Å². The normalized spacial score (nSPS) is 10.3. The fraction of sp³-hybridized carbons (Fsp3) is 0.231. The lowest BCUT2D eigenvalue weighted by Gasteiger charge is -2.10. The number of nitrogens with zero attached hydrogens (tertiary/aromatic N) is 1. The zero-order valence-corrected chi connectivity index (χ0v) is 11.5. The number of ether oxygens (including phenoxy) is 2. The number of hydrogen-bond donors (Lipinski definition) is 1. The number of benzene rings is 1. The van der Waals surface area contributed by atoms with E-state index in [-0.39, 0.29) is 5.78 Å². The van der Waals surface area contributed by atoms with E-state index in [2.05, 4.69) is 4.98 Å². The topological polar surface area (TPSA) is 74.4 Å². The van der Waals surface area contributed by atoms with Gasteiger partial charge in [0, 0.05) is 11.9 Å². The molecular formula is C13H14N2O3S. The number of carbonyl (C=O) groups is 1. The SMILES string of the molecule is COc1cccc(OC)c1C(=O)c1csc(CN)n1. The maximum Gasteiger partial charge on any atom is 0.219 e. The van der Waals surface area contributed by atoms with Crippen molar-refractivity contribution in [3.05, 3.63) is 39.8 Å². The van der Waals surface area contributed by atoms with Gasteiger partial charge in [-0.3, -0.25) is 4.79 Å². The molecule has 0 amide bonds. The van der Waals surface area contributed by atoms with Gasteiger partial charge in [0.1, 0.15) is 27.8 Å². The number of ketones is 1. The molecule has 2 N–H and O–H groups in total. The average molecular weight is 278 g/mol. The Balaban J connectivity index is 2.48. The summed E-state index contributed by atoms with van der Waals surface area (Å²) < 4.78 is 10.4. The third-order valence-corrected chi connectivity index (χ3v) is 3.49. The molecular weight excluding hydrogens is 264 g/mol. The van der Waals surface area contributed by atoms with E-state index in [0.717, 1.165) is 5.01 Å². The van der Waals surface area contributed by atoms with Crippen molar-refractivity contribution in [3.63, 3.8) is 0 Å². The van der Waals surface area contributed by atoms with Gasteiger partial charge in [-0.1, -0.05) is 6.07 Å². The Kier molecular flexibility index (Phi) is 4.13. The molecule has 1 aromatic heterocycles. The first-order valence-corrected chi connectivity index (χ1v) is 6.49. The van der Waals surface area contributed by atoms with E-state index in [1.54, 1.807) is 23.6 Å². The summed E-state index contributed by atoms with van der Waals surface area (Å²) in [4.78, 5) is 16.7. The summed E-state index contributed by atoms with van der Waals surface area (Å²) in [7, 11) is 3.02. The molecule has 0 spiro atoms. The van der Waals surface area contributed by atoms with Crippen molar-refractivity contribution >= 4 is 17.1 Å². The van der Waals surface area contributed by atoms with Crippen LogP contribution in [-0.4, -0.2) is 25.0 Å². The first-order valence-electron chi connectivity index (χ1n) is 5.61. The first-order chi connectivity index (χ1) is 9.21. The van der Waals surface area contributed by atoms with Crippen molar-refractivity contribution in [2.75, 3.05) is 14.2 Å². The van der Waals surface area contributed by atoms with Crippen LogP contribution in [0.1, 0.15) is 21.1 Å². The van der Waals surface area contributed by atoms with Gasteiger partial charge in [-0.05, 0) is 12.1 Å². The summed E-state index contributed by atoms with van der Waals surface area (Å²) in [5, 5.41) is 2.41. The van der Waals surface area contributed by atoms with E-state index >= 15 is 0 Å². The number of hydrogen-bond acceptors (Lipinski definition) is 6. The number of aromatic nitrogens is 1. The molecule has 100 valence electrons. The smallest absolute Gasteiger partial charge is 0.219 e. The van der Waals surface area contributed by atoms with E-state index in [0.29, 0.717) is 29.3 Å². The second kappa shape index (κ2) is 5.81. The molecule has 2 aromatic rings. The molecule has 0 aliphatic heterocycles. The summed E-state index contributed by atoms with van der Waals surface area (Å²) in [6.45, 7) is 0.320. The maximum atomic E-state index is 12.5. The molecule has 1 aromatic carbocycles. The van der Waals surface area contributed by atoms with Crippen molar-refractivity contribution < 1.29 is 14.3 Å². The number of nitrogens with two attached hydrogens (primary N) is 1. The summed E-state index contributed by atoms with van der Waals surface area (Å²) in [6, 6.07) is 5.19. The Morgan fingerprint density at radius 1 is 1.32 bits per heavy atom. The average Bonchev–Trinajstić information content (AvgIpc) is 2.94. The van der Waals surface area contributed by atoms with Crippen LogP contribution in [0.3, 0.4) is 0 Å². The van der Waals surface area contributed by atoms with Gasteiger partial charge in [-0.25, -0.2) is 4.98 Å². The monoisotopic (exact) mass is 278 g/mol. The van der Waals surface area contributed by atoms with Gasteiger partial charge in [0.2, 0.25) is 5.78 Å². The van der Waals surface area contributed by atoms with Crippen LogP contribution in [0.2, 0.25) is 0 Å². The Morgan fingerprint density at radius 2 is 1.95 bits per heavy atom. The molecule has 0 radical (unpaired) electrons. The summed E-state index contributed by atoms with van der Waals surface area (Å²) in [6.07, 6.45) is 0. The highest BCUT2D eigenvalue weighted by Crippen LogP contribution is 2.30. The highest BCUT2D eigenvalue weighted by molar-refractivity contribution is 7.09. The molecule has 0 aliphatic rings. The van der Waals surface area contributed by atoms with Gasteiger partial charge >= 0.3 is 0 Å². The standard InChI is InChI=1S/C13H14N2O3S/c1-17-9-4-3-5-10(18-2)12(9)13(16)8-7-19-11(6-14)15-8/h3-5,7H,6,14H2,1-2H3. The second-order valence-corrected chi connectivity index (χ2v) is 4.64. The van der Waals surface area contributed by atoms with Crippen molar-refractivity contribution in [1.29, 1.82) is 0 Å². The Morgan fingerprint density at radius 3 is 2.42 bits per heavy atom. The van der Waals surface area contributed by atoms with E-state index < -0.39 is 0 Å². The minimum Gasteiger partial charge on any atom is -0.496 e. The van der Waals surface area contributed by atoms with E-state index in [1.165, 1.54) is 25.6 Å². The third-order valence-electron chi connectivity index (χ3n) is 2.61. The fourth-order valence-electron chi connectivity index (χ4n) is 1.71. The van der Waals surface area contributed by atoms with Crippen LogP contribution in [-0.2, 0) is 6.54 Å². The van der Waals surface area contributed by atoms with Crippen molar-refractivity contribution in [3.8, 4) is 11.5 Å². The van der Waals surface area contributed by atoms with E-state index in [4.69, 9.17) is 15.2 Å². The fourth-order valence-corrected chi connectivity index (χ4v) is 2.37. The highest BCUT2D eigenvalue weighted by Gasteiger charge is 2.21. The molecule has 1 heterocycles. The molecule has 0 unspecified atom stereocenters. The molecule has 19 heavy (non-hydrogen) atoms. The van der Waals surface area contributed by atoms with Crippen LogP contribution < -0.4 is 15.2 Å². The minimum atomic E-state index is -0.231. The molecule has 2 rings (SSSR count). The predicted octanol–water partition coefficient (Wildman–Crippen LogP) is 1.85. The molecule has 5 nitrogen and oxygen atoms in total. The largest absolute Gasteiger partial charge is 0.496 e. The molecule has 6 heteroatoms. The quantitative estimate of drug-likeness (QED) is 0.845. The zero-order valence-electron chi connectivity index (χ0n) is 10.7. The van der Waals surface area contributed by atoms with Gasteiger partial charge in [0.15, 0.2) is 0 Å². The Labute approximate surface area is 115 Å². The Bertz CT molecular complexity index is 573. The van der Waals surface area contributed by atoms with Crippen LogP contribution in [0, 0.1) is 0 Å². The second-order valence-electron chi connectivity index (χ2n) is 3.70. The summed E-state index contributed by atoms with van der Waals surface area (Å²) in [5.74, 6) is 0.698. The predicted molar refractivity (Wildman–Crippen MR) is 73.0 cm³/mol. The van der Waals surface area contributed by atoms with E-state index in [1.807, 2.05) is 0 Å². The summed E-state index contributed by atoms with van der Waals surface area (Å²) in [5.41, 5.74) is 6.23. The number of rotatable bonds is 5. The van der Waals surface area contributed by atoms with Gasteiger partial charge in [0.05, 0.1) is 14.2 Å². The van der Waals surface area contributed by atoms with Gasteiger partial charge in [-0.2, -0.15) is 0 Å². The lowest BCUT2D eigenvalue weighted by Crippen LogP contribution is -2.07. The number of carbonyl (C=O) groups excluding carboxylic acids is 1. The van der Waals surface area contributed by atoms with Gasteiger partial charge < -0.3 is 15.2 Å².